The van der Waals surface area contributed by atoms with Crippen LogP contribution in [-0.4, -0.2) is 0 Å². The second kappa shape index (κ2) is 2.00. The summed E-state index contributed by atoms with van der Waals surface area (Å²) in [5.74, 6) is 0. The Labute approximate surface area is 56.3 Å². The maximum Gasteiger partial charge on any atom is 0.0407 e. The molecule has 1 unspecified atom stereocenters. The molecule has 1 nitrogen and oxygen atoms in total. The summed E-state index contributed by atoms with van der Waals surface area (Å²) in [5, 5.41) is 3.33. The smallest absolute Gasteiger partial charge is 0.0407 e. The van der Waals surface area contributed by atoms with Crippen LogP contribution in [0.3, 0.4) is 0 Å². The zero-order valence-corrected chi connectivity index (χ0v) is 6.02. The third kappa shape index (κ3) is 0.818. The largest absolute Gasteiger partial charge is 0.366 e. The first-order chi connectivity index (χ1) is 4.47. The van der Waals surface area contributed by atoms with Crippen LogP contribution in [0.5, 0.6) is 0 Å². The molecular formula is C7H8NP. The predicted octanol–water partition coefficient (Wildman–Crippen LogP) is 2.21. The Morgan fingerprint density at radius 3 is 3.11 bits per heavy atom. The van der Waals surface area contributed by atoms with E-state index < -0.39 is 0 Å². The van der Waals surface area contributed by atoms with Gasteiger partial charge in [-0.25, -0.2) is 0 Å². The maximum atomic E-state index is 3.33. The first kappa shape index (κ1) is 5.25. The van der Waals surface area contributed by atoms with E-state index in [1.807, 2.05) is 0 Å². The highest BCUT2D eigenvalue weighted by Gasteiger charge is 2.06. The van der Waals surface area contributed by atoms with Crippen LogP contribution in [0, 0.1) is 0 Å². The molecule has 1 aliphatic heterocycles. The third-order valence-electron chi connectivity index (χ3n) is 1.52. The van der Waals surface area contributed by atoms with Crippen LogP contribution in [0.1, 0.15) is 5.56 Å². The highest BCUT2D eigenvalue weighted by molar-refractivity contribution is 7.39. The minimum absolute atomic E-state index is 0.896. The van der Waals surface area contributed by atoms with E-state index in [0.717, 1.165) is 8.73 Å². The lowest BCUT2D eigenvalue weighted by molar-refractivity contribution is 1.46. The molecule has 1 aliphatic rings. The highest BCUT2D eigenvalue weighted by atomic mass is 31.1. The molecule has 1 aromatic carbocycles. The molecule has 0 spiro atoms. The predicted molar refractivity (Wildman–Crippen MR) is 42.1 cm³/mol. The van der Waals surface area contributed by atoms with Crippen LogP contribution in [-0.2, 0) is 6.16 Å². The zero-order chi connectivity index (χ0) is 6.10. The second-order valence-corrected chi connectivity index (χ2v) is 3.09. The lowest BCUT2D eigenvalue weighted by Gasteiger charge is -1.94. The fourth-order valence-corrected chi connectivity index (χ4v) is 2.05. The molecule has 1 atom stereocenters. The van der Waals surface area contributed by atoms with Crippen LogP contribution in [0.15, 0.2) is 24.3 Å². The van der Waals surface area contributed by atoms with E-state index in [1.165, 1.54) is 17.4 Å². The Bertz CT molecular complexity index is 199. The van der Waals surface area contributed by atoms with E-state index in [-0.39, 0.29) is 0 Å². The van der Waals surface area contributed by atoms with Gasteiger partial charge in [-0.2, -0.15) is 0 Å². The molecule has 1 N–H and O–H groups in total. The molecule has 1 aromatic rings. The Morgan fingerprint density at radius 1 is 1.33 bits per heavy atom. The standard InChI is InChI=1S/C7H8NP/c1-2-4-7-6(3-1)5-9-8-7/h1-4,8-9H,5H2. The molecule has 0 aliphatic carbocycles. The molecule has 2 rings (SSSR count). The average Bonchev–Trinajstić information content (AvgIpc) is 2.33. The molecule has 0 radical (unpaired) electrons. The Hall–Kier alpha value is -0.550. The molecule has 0 bridgehead atoms. The summed E-state index contributed by atoms with van der Waals surface area (Å²) < 4.78 is 0. The lowest BCUT2D eigenvalue weighted by Crippen LogP contribution is -1.75. The van der Waals surface area contributed by atoms with Gasteiger partial charge in [0.15, 0.2) is 0 Å². The van der Waals surface area contributed by atoms with Crippen LogP contribution >= 0.6 is 8.73 Å². The van der Waals surface area contributed by atoms with Crippen LogP contribution in [0.25, 0.3) is 0 Å². The van der Waals surface area contributed by atoms with Gasteiger partial charge in [-0.15, -0.1) is 0 Å². The monoisotopic (exact) mass is 137 g/mol. The van der Waals surface area contributed by atoms with Crippen molar-refractivity contribution in [2.45, 2.75) is 6.16 Å². The number of rotatable bonds is 0. The number of hydrogen-bond acceptors (Lipinski definition) is 1. The molecule has 1 heterocycles. The average molecular weight is 137 g/mol. The molecule has 46 valence electrons. The molecule has 0 fully saturated rings. The van der Waals surface area contributed by atoms with Gasteiger partial charge in [-0.1, -0.05) is 18.2 Å². The van der Waals surface area contributed by atoms with Crippen LogP contribution in [0.2, 0.25) is 0 Å². The summed E-state index contributed by atoms with van der Waals surface area (Å²) in [6.45, 7) is 0. The quantitative estimate of drug-likeness (QED) is 0.540. The van der Waals surface area contributed by atoms with Gasteiger partial charge in [0.2, 0.25) is 0 Å². The van der Waals surface area contributed by atoms with E-state index in [9.17, 15) is 0 Å². The van der Waals surface area contributed by atoms with Crippen molar-refractivity contribution >= 4 is 14.4 Å². The Kier molecular flexibility index (Phi) is 1.17. The summed E-state index contributed by atoms with van der Waals surface area (Å²) in [5.41, 5.74) is 2.80. The van der Waals surface area contributed by atoms with Crippen molar-refractivity contribution in [3.05, 3.63) is 29.8 Å². The first-order valence-electron chi connectivity index (χ1n) is 3.03. The van der Waals surface area contributed by atoms with Crippen LogP contribution < -0.4 is 5.09 Å². The summed E-state index contributed by atoms with van der Waals surface area (Å²) >= 11 is 0. The molecule has 9 heavy (non-hydrogen) atoms. The topological polar surface area (TPSA) is 12.0 Å². The van der Waals surface area contributed by atoms with Gasteiger partial charge < -0.3 is 5.09 Å². The molecule has 0 aromatic heterocycles. The van der Waals surface area contributed by atoms with Gasteiger partial charge in [0.25, 0.3) is 0 Å². The van der Waals surface area contributed by atoms with E-state index in [4.69, 9.17) is 0 Å². The number of anilines is 1. The van der Waals surface area contributed by atoms with Crippen LogP contribution in [0.4, 0.5) is 5.69 Å². The zero-order valence-electron chi connectivity index (χ0n) is 5.02. The SMILES string of the molecule is c1ccc2c(c1)CPN2. The summed E-state index contributed by atoms with van der Waals surface area (Å²) in [7, 11) is 0.896. The number of fused-ring (bicyclic) bond motifs is 1. The van der Waals surface area contributed by atoms with Crippen molar-refractivity contribution in [2.24, 2.45) is 0 Å². The number of para-hydroxylation sites is 1. The van der Waals surface area contributed by atoms with Gasteiger partial charge in [-0.3, -0.25) is 0 Å². The molecule has 0 saturated heterocycles. The second-order valence-electron chi connectivity index (χ2n) is 2.14. The Morgan fingerprint density at radius 2 is 2.22 bits per heavy atom. The van der Waals surface area contributed by atoms with E-state index in [0.29, 0.717) is 0 Å². The third-order valence-corrected chi connectivity index (χ3v) is 2.52. The normalized spacial score (nSPS) is 17.3. The minimum Gasteiger partial charge on any atom is -0.366 e. The van der Waals surface area contributed by atoms with E-state index in [1.54, 1.807) is 0 Å². The minimum atomic E-state index is 0.896. The number of hydrogen-bond donors (Lipinski definition) is 1. The fourth-order valence-electron chi connectivity index (χ4n) is 1.03. The number of benzene rings is 1. The van der Waals surface area contributed by atoms with Gasteiger partial charge in [0, 0.05) is 11.8 Å². The van der Waals surface area contributed by atoms with Crippen molar-refractivity contribution in [1.29, 1.82) is 0 Å². The molecule has 0 amide bonds. The molecular weight excluding hydrogens is 129 g/mol. The van der Waals surface area contributed by atoms with Gasteiger partial charge in [0.1, 0.15) is 0 Å². The van der Waals surface area contributed by atoms with E-state index >= 15 is 0 Å². The summed E-state index contributed by atoms with van der Waals surface area (Å²) in [6.07, 6.45) is 1.22. The maximum absolute atomic E-state index is 3.33. The van der Waals surface area contributed by atoms with Crippen molar-refractivity contribution in [1.82, 2.24) is 0 Å². The number of nitrogens with one attached hydrogen (secondary N) is 1. The van der Waals surface area contributed by atoms with Crippen molar-refractivity contribution < 1.29 is 0 Å². The van der Waals surface area contributed by atoms with E-state index in [2.05, 4.69) is 29.4 Å². The summed E-state index contributed by atoms with van der Waals surface area (Å²) in [6, 6.07) is 8.48. The fraction of sp³-hybridized carbons (Fsp3) is 0.143. The molecule has 0 saturated carbocycles. The van der Waals surface area contributed by atoms with Gasteiger partial charge in [0.05, 0.1) is 0 Å². The molecule has 2 heteroatoms. The highest BCUT2D eigenvalue weighted by Crippen LogP contribution is 2.33. The van der Waals surface area contributed by atoms with Gasteiger partial charge in [-0.05, 0) is 20.4 Å². The van der Waals surface area contributed by atoms with Crippen molar-refractivity contribution in [3.8, 4) is 0 Å². The Balaban J connectivity index is 2.54. The summed E-state index contributed by atoms with van der Waals surface area (Å²) in [4.78, 5) is 0. The first-order valence-corrected chi connectivity index (χ1v) is 4.24. The lowest BCUT2D eigenvalue weighted by atomic mass is 10.2. The van der Waals surface area contributed by atoms with Crippen molar-refractivity contribution in [2.75, 3.05) is 5.09 Å². The van der Waals surface area contributed by atoms with Gasteiger partial charge >= 0.3 is 0 Å². The van der Waals surface area contributed by atoms with Crippen molar-refractivity contribution in [3.63, 3.8) is 0 Å².